The first-order chi connectivity index (χ1) is 9.73. The van der Waals surface area contributed by atoms with E-state index in [0.717, 1.165) is 30.6 Å². The second-order valence-electron chi connectivity index (χ2n) is 7.78. The Balaban J connectivity index is 2.36. The van der Waals surface area contributed by atoms with Gasteiger partial charge in [0, 0.05) is 0 Å². The van der Waals surface area contributed by atoms with E-state index >= 15 is 0 Å². The highest BCUT2D eigenvalue weighted by Gasteiger charge is 2.45. The molecule has 0 amide bonds. The maximum absolute atomic E-state index is 11.4. The molecule has 2 heteroatoms. The molecule has 0 spiro atoms. The Labute approximate surface area is 129 Å². The zero-order valence-electron chi connectivity index (χ0n) is 14.1. The fourth-order valence-corrected chi connectivity index (χ4v) is 3.76. The summed E-state index contributed by atoms with van der Waals surface area (Å²) in [6.07, 6.45) is 4.40. The van der Waals surface area contributed by atoms with Crippen LogP contribution in [0.4, 0.5) is 0 Å². The molecule has 0 radical (unpaired) electrons. The van der Waals surface area contributed by atoms with Crippen molar-refractivity contribution in [3.05, 3.63) is 29.8 Å². The molecule has 2 nitrogen and oxygen atoms in total. The smallest absolute Gasteiger partial charge is 0.120 e. The molecule has 2 unspecified atom stereocenters. The summed E-state index contributed by atoms with van der Waals surface area (Å²) >= 11 is 0. The van der Waals surface area contributed by atoms with Gasteiger partial charge in [0.2, 0.25) is 0 Å². The van der Waals surface area contributed by atoms with E-state index in [0.29, 0.717) is 0 Å². The van der Waals surface area contributed by atoms with Gasteiger partial charge in [-0.3, -0.25) is 0 Å². The molecule has 1 saturated carbocycles. The third kappa shape index (κ3) is 3.60. The Bertz CT molecular complexity index is 473. The number of benzene rings is 1. The first kappa shape index (κ1) is 16.4. The first-order valence-corrected chi connectivity index (χ1v) is 8.23. The lowest BCUT2D eigenvalue weighted by atomic mass is 9.61. The summed E-state index contributed by atoms with van der Waals surface area (Å²) in [6.45, 7) is 10.8. The van der Waals surface area contributed by atoms with Crippen molar-refractivity contribution in [3.8, 4) is 5.75 Å². The van der Waals surface area contributed by atoms with Crippen LogP contribution in [0.25, 0.3) is 0 Å². The molecule has 1 aromatic rings. The Morgan fingerprint density at radius 1 is 1.24 bits per heavy atom. The highest BCUT2D eigenvalue weighted by molar-refractivity contribution is 5.33. The van der Waals surface area contributed by atoms with E-state index in [1.807, 2.05) is 32.0 Å². The standard InChI is InChI=1S/C19H30O2/c1-14(2)21-16-10-8-9-15(13-16)19(20)12-7-6-11-17(19)18(3,4)5/h8-10,13-14,17,20H,6-7,11-12H2,1-5H3. The molecule has 21 heavy (non-hydrogen) atoms. The van der Waals surface area contributed by atoms with Gasteiger partial charge in [-0.2, -0.15) is 0 Å². The summed E-state index contributed by atoms with van der Waals surface area (Å²) in [5.74, 6) is 1.14. The molecular formula is C19H30O2. The third-order valence-corrected chi connectivity index (χ3v) is 4.63. The van der Waals surface area contributed by atoms with Gasteiger partial charge in [0.15, 0.2) is 0 Å². The minimum absolute atomic E-state index is 0.101. The molecule has 2 rings (SSSR count). The largest absolute Gasteiger partial charge is 0.491 e. The second-order valence-corrected chi connectivity index (χ2v) is 7.78. The maximum Gasteiger partial charge on any atom is 0.120 e. The highest BCUT2D eigenvalue weighted by atomic mass is 16.5. The van der Waals surface area contributed by atoms with E-state index in [1.54, 1.807) is 0 Å². The highest BCUT2D eigenvalue weighted by Crippen LogP contribution is 2.50. The van der Waals surface area contributed by atoms with Crippen LogP contribution in [0.1, 0.15) is 65.9 Å². The average molecular weight is 290 g/mol. The van der Waals surface area contributed by atoms with E-state index < -0.39 is 5.60 Å². The molecule has 0 aliphatic heterocycles. The lowest BCUT2D eigenvalue weighted by Gasteiger charge is -2.47. The van der Waals surface area contributed by atoms with Crippen LogP contribution in [0.2, 0.25) is 0 Å². The van der Waals surface area contributed by atoms with Crippen LogP contribution in [-0.2, 0) is 5.60 Å². The van der Waals surface area contributed by atoms with E-state index in [9.17, 15) is 5.11 Å². The zero-order valence-corrected chi connectivity index (χ0v) is 14.1. The predicted octanol–water partition coefficient (Wildman–Crippen LogP) is 4.90. The molecule has 0 bridgehead atoms. The lowest BCUT2D eigenvalue weighted by molar-refractivity contribution is -0.0960. The third-order valence-electron chi connectivity index (χ3n) is 4.63. The van der Waals surface area contributed by atoms with Crippen molar-refractivity contribution in [2.24, 2.45) is 11.3 Å². The van der Waals surface area contributed by atoms with Crippen LogP contribution in [0.15, 0.2) is 24.3 Å². The Kier molecular flexibility index (Phi) is 4.67. The minimum atomic E-state index is -0.729. The van der Waals surface area contributed by atoms with Gasteiger partial charge in [-0.25, -0.2) is 0 Å². The van der Waals surface area contributed by atoms with Crippen LogP contribution in [0, 0.1) is 11.3 Å². The topological polar surface area (TPSA) is 29.5 Å². The SMILES string of the molecule is CC(C)Oc1cccc(C2(O)CCCCC2C(C)(C)C)c1. The summed E-state index contributed by atoms with van der Waals surface area (Å²) in [5, 5.41) is 11.4. The second kappa shape index (κ2) is 6.00. The van der Waals surface area contributed by atoms with Gasteiger partial charge in [-0.1, -0.05) is 45.7 Å². The molecule has 0 aromatic heterocycles. The van der Waals surface area contributed by atoms with Crippen molar-refractivity contribution < 1.29 is 9.84 Å². The summed E-state index contributed by atoms with van der Waals surface area (Å²) in [7, 11) is 0. The van der Waals surface area contributed by atoms with Crippen molar-refractivity contribution in [1.29, 1.82) is 0 Å². The summed E-state index contributed by atoms with van der Waals surface area (Å²) < 4.78 is 5.80. The van der Waals surface area contributed by atoms with Crippen molar-refractivity contribution >= 4 is 0 Å². The zero-order chi connectivity index (χ0) is 15.7. The minimum Gasteiger partial charge on any atom is -0.491 e. The van der Waals surface area contributed by atoms with Crippen molar-refractivity contribution in [1.82, 2.24) is 0 Å². The van der Waals surface area contributed by atoms with Crippen LogP contribution in [-0.4, -0.2) is 11.2 Å². The maximum atomic E-state index is 11.4. The molecule has 1 aliphatic rings. The van der Waals surface area contributed by atoms with Gasteiger partial charge in [0.1, 0.15) is 5.75 Å². The Morgan fingerprint density at radius 3 is 2.57 bits per heavy atom. The number of aliphatic hydroxyl groups is 1. The van der Waals surface area contributed by atoms with Gasteiger partial charge < -0.3 is 9.84 Å². The number of ether oxygens (including phenoxy) is 1. The van der Waals surface area contributed by atoms with Crippen molar-refractivity contribution in [2.75, 3.05) is 0 Å². The Morgan fingerprint density at radius 2 is 1.95 bits per heavy atom. The molecule has 118 valence electrons. The normalized spacial score (nSPS) is 26.9. The molecule has 1 aliphatic carbocycles. The van der Waals surface area contributed by atoms with Gasteiger partial charge in [0.05, 0.1) is 11.7 Å². The molecule has 1 aromatic carbocycles. The van der Waals surface area contributed by atoms with E-state index in [4.69, 9.17) is 4.74 Å². The van der Waals surface area contributed by atoms with Crippen LogP contribution >= 0.6 is 0 Å². The van der Waals surface area contributed by atoms with Gasteiger partial charge in [-0.05, 0) is 55.7 Å². The predicted molar refractivity (Wildman–Crippen MR) is 87.5 cm³/mol. The molecule has 0 saturated heterocycles. The summed E-state index contributed by atoms with van der Waals surface area (Å²) in [6, 6.07) is 8.06. The molecule has 0 heterocycles. The molecule has 2 atom stereocenters. The molecule has 1 N–H and O–H groups in total. The van der Waals surface area contributed by atoms with Crippen LogP contribution in [0.5, 0.6) is 5.75 Å². The fraction of sp³-hybridized carbons (Fsp3) is 0.684. The molecular weight excluding hydrogens is 260 g/mol. The van der Waals surface area contributed by atoms with Crippen molar-refractivity contribution in [3.63, 3.8) is 0 Å². The Hall–Kier alpha value is -1.02. The number of rotatable bonds is 3. The monoisotopic (exact) mass is 290 g/mol. The quantitative estimate of drug-likeness (QED) is 0.858. The fourth-order valence-electron chi connectivity index (χ4n) is 3.76. The van der Waals surface area contributed by atoms with E-state index in [-0.39, 0.29) is 17.4 Å². The van der Waals surface area contributed by atoms with Gasteiger partial charge in [-0.15, -0.1) is 0 Å². The first-order valence-electron chi connectivity index (χ1n) is 8.23. The van der Waals surface area contributed by atoms with E-state index in [1.165, 1.54) is 6.42 Å². The van der Waals surface area contributed by atoms with Crippen LogP contribution in [0.3, 0.4) is 0 Å². The van der Waals surface area contributed by atoms with Gasteiger partial charge >= 0.3 is 0 Å². The van der Waals surface area contributed by atoms with Gasteiger partial charge in [0.25, 0.3) is 0 Å². The van der Waals surface area contributed by atoms with E-state index in [2.05, 4.69) is 26.8 Å². The summed E-state index contributed by atoms with van der Waals surface area (Å²) in [5.41, 5.74) is 0.386. The summed E-state index contributed by atoms with van der Waals surface area (Å²) in [4.78, 5) is 0. The lowest BCUT2D eigenvalue weighted by Crippen LogP contribution is -2.44. The average Bonchev–Trinajstić information content (AvgIpc) is 2.37. The van der Waals surface area contributed by atoms with Crippen molar-refractivity contribution in [2.45, 2.75) is 72.0 Å². The van der Waals surface area contributed by atoms with Crippen LogP contribution < -0.4 is 4.74 Å². The number of hydrogen-bond donors (Lipinski definition) is 1. The number of hydrogen-bond acceptors (Lipinski definition) is 2. The molecule has 1 fully saturated rings.